The monoisotopic (exact) mass is 251 g/mol. The SMILES string of the molecule is O=C(Oc1cccnc1)c1nnsc1C(=O)O. The molecular weight excluding hydrogens is 246 g/mol. The molecule has 0 fully saturated rings. The predicted molar refractivity (Wildman–Crippen MR) is 56.1 cm³/mol. The highest BCUT2D eigenvalue weighted by atomic mass is 32.1. The summed E-state index contributed by atoms with van der Waals surface area (Å²) in [6, 6.07) is 3.10. The molecule has 2 aromatic heterocycles. The Balaban J connectivity index is 2.21. The summed E-state index contributed by atoms with van der Waals surface area (Å²) >= 11 is 0.619. The zero-order valence-corrected chi connectivity index (χ0v) is 9.05. The molecule has 0 aliphatic rings. The highest BCUT2D eigenvalue weighted by Gasteiger charge is 2.23. The number of pyridine rings is 1. The Labute approximate surface area is 98.9 Å². The van der Waals surface area contributed by atoms with E-state index in [-0.39, 0.29) is 16.3 Å². The van der Waals surface area contributed by atoms with Crippen LogP contribution in [0.5, 0.6) is 5.75 Å². The average Bonchev–Trinajstić information content (AvgIpc) is 2.79. The van der Waals surface area contributed by atoms with Crippen LogP contribution in [-0.2, 0) is 0 Å². The predicted octanol–water partition coefficient (Wildman–Crippen LogP) is 0.850. The molecule has 0 amide bonds. The first kappa shape index (κ1) is 11.1. The van der Waals surface area contributed by atoms with Gasteiger partial charge in [-0.2, -0.15) is 0 Å². The van der Waals surface area contributed by atoms with Gasteiger partial charge in [0.1, 0.15) is 5.75 Å². The number of carboxylic acid groups (broad SMARTS) is 1. The van der Waals surface area contributed by atoms with Gasteiger partial charge < -0.3 is 9.84 Å². The van der Waals surface area contributed by atoms with E-state index >= 15 is 0 Å². The number of carboxylic acids is 1. The molecule has 86 valence electrons. The second-order valence-electron chi connectivity index (χ2n) is 2.83. The van der Waals surface area contributed by atoms with Gasteiger partial charge in [-0.3, -0.25) is 4.98 Å². The lowest BCUT2D eigenvalue weighted by atomic mass is 10.3. The summed E-state index contributed by atoms with van der Waals surface area (Å²) in [6.45, 7) is 0. The van der Waals surface area contributed by atoms with Gasteiger partial charge in [-0.25, -0.2) is 9.59 Å². The summed E-state index contributed by atoms with van der Waals surface area (Å²) in [4.78, 5) is 25.8. The zero-order chi connectivity index (χ0) is 12.3. The second-order valence-corrected chi connectivity index (χ2v) is 3.59. The first-order chi connectivity index (χ1) is 8.18. The minimum absolute atomic E-state index is 0.210. The van der Waals surface area contributed by atoms with Crippen molar-refractivity contribution in [1.29, 1.82) is 0 Å². The maximum Gasteiger partial charge on any atom is 0.366 e. The number of ether oxygens (including phenoxy) is 1. The Hall–Kier alpha value is -2.35. The quantitative estimate of drug-likeness (QED) is 0.806. The Bertz CT molecular complexity index is 554. The molecule has 0 saturated carbocycles. The summed E-state index contributed by atoms with van der Waals surface area (Å²) in [5.41, 5.74) is -0.314. The number of hydrogen-bond donors (Lipinski definition) is 1. The molecule has 2 rings (SSSR count). The minimum atomic E-state index is -1.27. The van der Waals surface area contributed by atoms with Gasteiger partial charge in [-0.05, 0) is 23.7 Å². The Morgan fingerprint density at radius 3 is 2.88 bits per heavy atom. The maximum atomic E-state index is 11.6. The zero-order valence-electron chi connectivity index (χ0n) is 8.23. The van der Waals surface area contributed by atoms with Crippen LogP contribution in [0.1, 0.15) is 20.2 Å². The van der Waals surface area contributed by atoms with Crippen molar-refractivity contribution in [2.75, 3.05) is 0 Å². The summed E-state index contributed by atoms with van der Waals surface area (Å²) in [5.74, 6) is -1.93. The molecule has 0 bridgehead atoms. The molecule has 2 aromatic rings. The van der Waals surface area contributed by atoms with Crippen LogP contribution in [0.25, 0.3) is 0 Å². The van der Waals surface area contributed by atoms with Crippen molar-refractivity contribution in [1.82, 2.24) is 14.6 Å². The van der Waals surface area contributed by atoms with Crippen LogP contribution in [0.15, 0.2) is 24.5 Å². The highest BCUT2D eigenvalue weighted by molar-refractivity contribution is 7.08. The normalized spacial score (nSPS) is 9.88. The lowest BCUT2D eigenvalue weighted by molar-refractivity contribution is 0.0669. The van der Waals surface area contributed by atoms with Crippen LogP contribution in [0.2, 0.25) is 0 Å². The molecule has 0 aliphatic heterocycles. The summed E-state index contributed by atoms with van der Waals surface area (Å²) in [7, 11) is 0. The first-order valence-corrected chi connectivity index (χ1v) is 5.13. The number of nitrogens with zero attached hydrogens (tertiary/aromatic N) is 3. The van der Waals surface area contributed by atoms with Crippen LogP contribution in [-0.4, -0.2) is 31.6 Å². The molecule has 0 spiro atoms. The number of carbonyl (C=O) groups is 2. The van der Waals surface area contributed by atoms with Crippen LogP contribution in [0.4, 0.5) is 0 Å². The van der Waals surface area contributed by atoms with Crippen molar-refractivity contribution in [3.63, 3.8) is 0 Å². The van der Waals surface area contributed by atoms with Crippen molar-refractivity contribution < 1.29 is 19.4 Å². The molecule has 0 atom stereocenters. The van der Waals surface area contributed by atoms with E-state index in [0.29, 0.717) is 11.5 Å². The molecular formula is C9H5N3O4S. The van der Waals surface area contributed by atoms with Gasteiger partial charge in [-0.1, -0.05) is 4.49 Å². The third-order valence-corrected chi connectivity index (χ3v) is 2.43. The molecule has 0 aliphatic carbocycles. The van der Waals surface area contributed by atoms with Gasteiger partial charge in [-0.15, -0.1) is 5.10 Å². The van der Waals surface area contributed by atoms with Crippen LogP contribution >= 0.6 is 11.5 Å². The first-order valence-electron chi connectivity index (χ1n) is 4.36. The number of carbonyl (C=O) groups excluding carboxylic acids is 1. The second kappa shape index (κ2) is 4.66. The van der Waals surface area contributed by atoms with Crippen molar-refractivity contribution >= 4 is 23.5 Å². The summed E-state index contributed by atoms with van der Waals surface area (Å²) in [5, 5.41) is 12.2. The molecule has 7 nitrogen and oxygen atoms in total. The van der Waals surface area contributed by atoms with Gasteiger partial charge >= 0.3 is 11.9 Å². The average molecular weight is 251 g/mol. The third-order valence-electron chi connectivity index (χ3n) is 1.72. The Morgan fingerprint density at radius 1 is 1.41 bits per heavy atom. The topological polar surface area (TPSA) is 102 Å². The van der Waals surface area contributed by atoms with Gasteiger partial charge in [0.15, 0.2) is 10.6 Å². The van der Waals surface area contributed by atoms with Crippen LogP contribution < -0.4 is 4.74 Å². The Kier molecular flexibility index (Phi) is 3.06. The number of rotatable bonds is 3. The van der Waals surface area contributed by atoms with Gasteiger partial charge in [0, 0.05) is 6.20 Å². The lowest BCUT2D eigenvalue weighted by Crippen LogP contribution is -2.13. The fourth-order valence-electron chi connectivity index (χ4n) is 1.03. The molecule has 0 radical (unpaired) electrons. The third kappa shape index (κ3) is 2.42. The van der Waals surface area contributed by atoms with E-state index in [0.717, 1.165) is 0 Å². The molecule has 17 heavy (non-hydrogen) atoms. The molecule has 2 heterocycles. The number of aromatic carboxylic acids is 1. The van der Waals surface area contributed by atoms with Gasteiger partial charge in [0.2, 0.25) is 0 Å². The number of aromatic nitrogens is 3. The van der Waals surface area contributed by atoms with E-state index < -0.39 is 11.9 Å². The van der Waals surface area contributed by atoms with Gasteiger partial charge in [0.25, 0.3) is 0 Å². The van der Waals surface area contributed by atoms with Crippen molar-refractivity contribution in [2.45, 2.75) is 0 Å². The smallest absolute Gasteiger partial charge is 0.366 e. The van der Waals surface area contributed by atoms with E-state index in [1.165, 1.54) is 18.5 Å². The maximum absolute atomic E-state index is 11.6. The largest absolute Gasteiger partial charge is 0.477 e. The van der Waals surface area contributed by atoms with E-state index in [9.17, 15) is 9.59 Å². The van der Waals surface area contributed by atoms with E-state index in [1.54, 1.807) is 6.07 Å². The van der Waals surface area contributed by atoms with Crippen molar-refractivity contribution in [2.24, 2.45) is 0 Å². The standard InChI is InChI=1S/C9H5N3O4S/c13-8(14)7-6(11-12-17-7)9(15)16-5-2-1-3-10-4-5/h1-4H,(H,13,14). The van der Waals surface area contributed by atoms with Crippen molar-refractivity contribution in [3.05, 3.63) is 35.1 Å². The Morgan fingerprint density at radius 2 is 2.24 bits per heavy atom. The summed E-state index contributed by atoms with van der Waals surface area (Å²) in [6.07, 6.45) is 2.85. The van der Waals surface area contributed by atoms with Crippen LogP contribution in [0.3, 0.4) is 0 Å². The van der Waals surface area contributed by atoms with E-state index in [2.05, 4.69) is 14.6 Å². The highest BCUT2D eigenvalue weighted by Crippen LogP contribution is 2.14. The molecule has 0 unspecified atom stereocenters. The molecule has 1 N–H and O–H groups in total. The molecule has 0 saturated heterocycles. The fourth-order valence-corrected chi connectivity index (χ4v) is 1.52. The molecule has 8 heteroatoms. The van der Waals surface area contributed by atoms with Gasteiger partial charge in [0.05, 0.1) is 6.20 Å². The van der Waals surface area contributed by atoms with Crippen molar-refractivity contribution in [3.8, 4) is 5.75 Å². The number of esters is 1. The fraction of sp³-hybridized carbons (Fsp3) is 0. The molecule has 0 aromatic carbocycles. The van der Waals surface area contributed by atoms with E-state index in [4.69, 9.17) is 9.84 Å². The minimum Gasteiger partial charge on any atom is -0.477 e. The van der Waals surface area contributed by atoms with Crippen LogP contribution in [0, 0.1) is 0 Å². The summed E-state index contributed by atoms with van der Waals surface area (Å²) < 4.78 is 8.29. The number of hydrogen-bond acceptors (Lipinski definition) is 7. The lowest BCUT2D eigenvalue weighted by Gasteiger charge is -2.00. The van der Waals surface area contributed by atoms with E-state index in [1.807, 2.05) is 0 Å².